The van der Waals surface area contributed by atoms with Crippen LogP contribution in [0.15, 0.2) is 12.1 Å². The molecule has 0 aliphatic heterocycles. The minimum Gasteiger partial charge on any atom is -0.493 e. The van der Waals surface area contributed by atoms with E-state index in [1.54, 1.807) is 13.8 Å². The van der Waals surface area contributed by atoms with Gasteiger partial charge >= 0.3 is 5.97 Å². The Bertz CT molecular complexity index is 459. The summed E-state index contributed by atoms with van der Waals surface area (Å²) in [7, 11) is 2.49. The lowest BCUT2D eigenvalue weighted by atomic mass is 10.1. The highest BCUT2D eigenvalue weighted by Gasteiger charge is 2.24. The van der Waals surface area contributed by atoms with E-state index in [4.69, 9.17) is 9.47 Å². The fourth-order valence-corrected chi connectivity index (χ4v) is 1.50. The molecule has 1 N–H and O–H groups in total. The molecular weight excluding hydrogens is 255 g/mol. The van der Waals surface area contributed by atoms with Crippen LogP contribution in [0.4, 0.5) is 4.39 Å². The number of methoxy groups -OCH3 is 2. The third-order valence-corrected chi connectivity index (χ3v) is 2.36. The second kappa shape index (κ2) is 6.38. The van der Waals surface area contributed by atoms with Crippen LogP contribution in [0.1, 0.15) is 25.5 Å². The van der Waals surface area contributed by atoms with Crippen molar-refractivity contribution in [2.75, 3.05) is 14.2 Å². The van der Waals surface area contributed by atoms with Crippen molar-refractivity contribution in [2.45, 2.75) is 26.1 Å². The van der Waals surface area contributed by atoms with Crippen LogP contribution in [-0.4, -0.2) is 31.4 Å². The zero-order chi connectivity index (χ0) is 14.6. The topological polar surface area (TPSA) is 65.0 Å². The van der Waals surface area contributed by atoms with Crippen LogP contribution < -0.4 is 9.47 Å². The van der Waals surface area contributed by atoms with Gasteiger partial charge in [0, 0.05) is 11.6 Å². The van der Waals surface area contributed by atoms with Gasteiger partial charge in [-0.1, -0.05) is 0 Å². The predicted molar refractivity (Wildman–Crippen MR) is 65.7 cm³/mol. The number of carbonyl (C=O) groups is 1. The summed E-state index contributed by atoms with van der Waals surface area (Å²) in [5.74, 6) is -1.28. The van der Waals surface area contributed by atoms with Gasteiger partial charge in [-0.15, -0.1) is 0 Å². The van der Waals surface area contributed by atoms with E-state index >= 15 is 0 Å². The van der Waals surface area contributed by atoms with Crippen LogP contribution in [-0.2, 0) is 9.53 Å². The van der Waals surface area contributed by atoms with Gasteiger partial charge in [0.2, 0.25) is 0 Å². The number of halogens is 1. The number of carbonyl (C=O) groups excluding carboxylic acids is 1. The van der Waals surface area contributed by atoms with Gasteiger partial charge in [0.15, 0.2) is 17.6 Å². The van der Waals surface area contributed by atoms with Gasteiger partial charge in [-0.05, 0) is 19.9 Å². The third-order valence-electron chi connectivity index (χ3n) is 2.36. The van der Waals surface area contributed by atoms with Crippen molar-refractivity contribution in [1.82, 2.24) is 0 Å². The molecule has 0 aliphatic rings. The molecule has 1 rings (SSSR count). The summed E-state index contributed by atoms with van der Waals surface area (Å²) < 4.78 is 28.6. The van der Waals surface area contributed by atoms with Crippen molar-refractivity contribution in [1.29, 1.82) is 0 Å². The zero-order valence-electron chi connectivity index (χ0n) is 11.3. The second-order valence-corrected chi connectivity index (χ2v) is 4.12. The molecule has 1 aromatic carbocycles. The van der Waals surface area contributed by atoms with E-state index in [0.29, 0.717) is 0 Å². The molecule has 0 bridgehead atoms. The molecule has 0 saturated heterocycles. The molecule has 0 spiro atoms. The second-order valence-electron chi connectivity index (χ2n) is 4.12. The SMILES string of the molecule is COC(=O)C(O)c1cc(OC)c(OC(C)C)cc1F. The number of hydrogen-bond donors (Lipinski definition) is 1. The highest BCUT2D eigenvalue weighted by atomic mass is 19.1. The molecule has 1 aromatic rings. The molecule has 5 nitrogen and oxygen atoms in total. The number of rotatable bonds is 5. The van der Waals surface area contributed by atoms with Gasteiger partial charge in [-0.3, -0.25) is 0 Å². The zero-order valence-corrected chi connectivity index (χ0v) is 11.3. The molecule has 0 fully saturated rings. The minimum absolute atomic E-state index is 0.162. The van der Waals surface area contributed by atoms with Crippen LogP contribution in [0.3, 0.4) is 0 Å². The molecule has 0 saturated carbocycles. The molecule has 0 heterocycles. The molecule has 1 atom stereocenters. The van der Waals surface area contributed by atoms with Crippen molar-refractivity contribution in [2.24, 2.45) is 0 Å². The molecule has 0 aromatic heterocycles. The van der Waals surface area contributed by atoms with Gasteiger partial charge in [0.1, 0.15) is 5.82 Å². The Morgan fingerprint density at radius 2 is 1.89 bits per heavy atom. The molecule has 19 heavy (non-hydrogen) atoms. The van der Waals surface area contributed by atoms with Gasteiger partial charge in [0.05, 0.1) is 20.3 Å². The largest absolute Gasteiger partial charge is 0.493 e. The summed E-state index contributed by atoms with van der Waals surface area (Å²) in [5.41, 5.74) is -0.222. The number of aliphatic hydroxyl groups excluding tert-OH is 1. The van der Waals surface area contributed by atoms with Gasteiger partial charge in [0.25, 0.3) is 0 Å². The van der Waals surface area contributed by atoms with Crippen molar-refractivity contribution >= 4 is 5.97 Å². The maximum Gasteiger partial charge on any atom is 0.339 e. The first-order chi connectivity index (χ1) is 8.90. The summed E-state index contributed by atoms with van der Waals surface area (Å²) in [5, 5.41) is 9.65. The first kappa shape index (κ1) is 15.2. The van der Waals surface area contributed by atoms with E-state index in [1.165, 1.54) is 13.2 Å². The Morgan fingerprint density at radius 1 is 1.26 bits per heavy atom. The third kappa shape index (κ3) is 3.57. The summed E-state index contributed by atoms with van der Waals surface area (Å²) in [6.45, 7) is 3.57. The summed E-state index contributed by atoms with van der Waals surface area (Å²) >= 11 is 0. The lowest BCUT2D eigenvalue weighted by Crippen LogP contribution is -2.15. The quantitative estimate of drug-likeness (QED) is 0.828. The monoisotopic (exact) mass is 272 g/mol. The molecule has 106 valence electrons. The van der Waals surface area contributed by atoms with E-state index in [9.17, 15) is 14.3 Å². The Labute approximate surface area is 110 Å². The molecule has 0 radical (unpaired) electrons. The summed E-state index contributed by atoms with van der Waals surface area (Å²) in [6, 6.07) is 2.29. The number of hydrogen-bond acceptors (Lipinski definition) is 5. The highest BCUT2D eigenvalue weighted by Crippen LogP contribution is 2.33. The van der Waals surface area contributed by atoms with Crippen molar-refractivity contribution < 1.29 is 28.5 Å². The van der Waals surface area contributed by atoms with Gasteiger partial charge in [-0.25, -0.2) is 9.18 Å². The van der Waals surface area contributed by atoms with E-state index in [1.807, 2.05) is 0 Å². The fraction of sp³-hybridized carbons (Fsp3) is 0.462. The average molecular weight is 272 g/mol. The van der Waals surface area contributed by atoms with Crippen molar-refractivity contribution in [3.05, 3.63) is 23.5 Å². The van der Waals surface area contributed by atoms with E-state index < -0.39 is 17.9 Å². The van der Waals surface area contributed by atoms with Crippen molar-refractivity contribution in [3.63, 3.8) is 0 Å². The molecule has 0 amide bonds. The first-order valence-corrected chi connectivity index (χ1v) is 5.70. The highest BCUT2D eigenvalue weighted by molar-refractivity contribution is 5.76. The Balaban J connectivity index is 3.19. The van der Waals surface area contributed by atoms with E-state index in [-0.39, 0.29) is 23.2 Å². The Kier molecular flexibility index (Phi) is 5.11. The first-order valence-electron chi connectivity index (χ1n) is 5.70. The van der Waals surface area contributed by atoms with Crippen LogP contribution in [0, 0.1) is 5.82 Å². The average Bonchev–Trinajstić information content (AvgIpc) is 2.36. The van der Waals surface area contributed by atoms with Crippen molar-refractivity contribution in [3.8, 4) is 11.5 Å². The predicted octanol–water partition coefficient (Wildman–Crippen LogP) is 1.83. The summed E-state index contributed by atoms with van der Waals surface area (Å²) in [4.78, 5) is 11.2. The Hall–Kier alpha value is -1.82. The summed E-state index contributed by atoms with van der Waals surface area (Å²) in [6.07, 6.45) is -1.86. The van der Waals surface area contributed by atoms with Crippen LogP contribution >= 0.6 is 0 Å². The maximum absolute atomic E-state index is 13.9. The van der Waals surface area contributed by atoms with Gasteiger partial charge in [-0.2, -0.15) is 0 Å². The lowest BCUT2D eigenvalue weighted by molar-refractivity contribution is -0.150. The Morgan fingerprint density at radius 3 is 2.37 bits per heavy atom. The number of esters is 1. The normalized spacial score (nSPS) is 12.2. The minimum atomic E-state index is -1.70. The maximum atomic E-state index is 13.9. The number of aliphatic hydroxyl groups is 1. The molecular formula is C13H17FO5. The molecule has 6 heteroatoms. The van der Waals surface area contributed by atoms with E-state index in [0.717, 1.165) is 13.2 Å². The van der Waals surface area contributed by atoms with Crippen LogP contribution in [0.25, 0.3) is 0 Å². The lowest BCUT2D eigenvalue weighted by Gasteiger charge is -2.16. The fourth-order valence-electron chi connectivity index (χ4n) is 1.50. The van der Waals surface area contributed by atoms with Gasteiger partial charge < -0.3 is 19.3 Å². The smallest absolute Gasteiger partial charge is 0.339 e. The standard InChI is InChI=1S/C13H17FO5/c1-7(2)19-11-6-9(14)8(5-10(11)17-3)12(15)13(16)18-4/h5-7,12,15H,1-4H3. The van der Waals surface area contributed by atoms with Crippen LogP contribution in [0.5, 0.6) is 11.5 Å². The van der Waals surface area contributed by atoms with Crippen LogP contribution in [0.2, 0.25) is 0 Å². The number of benzene rings is 1. The number of ether oxygens (including phenoxy) is 3. The molecule has 1 unspecified atom stereocenters. The molecule has 0 aliphatic carbocycles. The van der Waals surface area contributed by atoms with E-state index in [2.05, 4.69) is 4.74 Å².